The Labute approximate surface area is 264 Å². The lowest BCUT2D eigenvalue weighted by Crippen LogP contribution is -2.12. The fraction of sp³-hybridized carbons (Fsp3) is 0.176. The van der Waals surface area contributed by atoms with Crippen LogP contribution in [-0.4, -0.2) is 43.0 Å². The molecular formula is C34H30N4O4S2. The highest BCUT2D eigenvalue weighted by molar-refractivity contribution is 7.99. The number of amides is 1. The van der Waals surface area contributed by atoms with Gasteiger partial charge in [-0.3, -0.25) is 4.79 Å². The molecular weight excluding hydrogens is 593 g/mol. The summed E-state index contributed by atoms with van der Waals surface area (Å²) in [5.74, 6) is 2.24. The van der Waals surface area contributed by atoms with E-state index < -0.39 is 0 Å². The van der Waals surface area contributed by atoms with Gasteiger partial charge in [0.2, 0.25) is 5.91 Å². The van der Waals surface area contributed by atoms with Gasteiger partial charge < -0.3 is 19.5 Å². The summed E-state index contributed by atoms with van der Waals surface area (Å²) < 4.78 is 16.0. The van der Waals surface area contributed by atoms with E-state index in [4.69, 9.17) is 19.2 Å². The van der Waals surface area contributed by atoms with Crippen LogP contribution in [0.25, 0.3) is 33.6 Å². The van der Waals surface area contributed by atoms with E-state index in [1.807, 2.05) is 85.1 Å². The molecule has 10 heteroatoms. The van der Waals surface area contributed by atoms with Crippen LogP contribution >= 0.6 is 23.1 Å². The maximum Gasteiger partial charge on any atom is 0.226 e. The van der Waals surface area contributed by atoms with Gasteiger partial charge in [0.05, 0.1) is 38.3 Å². The Hall–Kier alpha value is -4.85. The lowest BCUT2D eigenvalue weighted by atomic mass is 9.98. The number of pyridine rings is 1. The summed E-state index contributed by atoms with van der Waals surface area (Å²) in [6, 6.07) is 25.6. The molecule has 1 amide bonds. The third kappa shape index (κ3) is 7.02. The molecule has 0 saturated carbocycles. The summed E-state index contributed by atoms with van der Waals surface area (Å²) in [6.45, 7) is 2.03. The molecule has 1 N–H and O–H groups in total. The van der Waals surface area contributed by atoms with Gasteiger partial charge in [0.15, 0.2) is 16.6 Å². The fourth-order valence-corrected chi connectivity index (χ4v) is 6.17. The van der Waals surface area contributed by atoms with Crippen molar-refractivity contribution in [2.75, 3.05) is 32.4 Å². The number of nitrogens with zero attached hydrogens (tertiary/aromatic N) is 3. The topological polar surface area (TPSA) is 106 Å². The number of anilines is 1. The molecule has 0 atom stereocenters. The van der Waals surface area contributed by atoms with E-state index in [1.54, 1.807) is 21.3 Å². The standard InChI is InChI=1S/C34H30N4O4S2/c1-21-5-7-22(8-6-21)26-18-28(23-9-12-25(40-2)13-10-23)36-33(27(26)19-35)43-16-15-32(39)38-34-37-29(20-44-34)24-11-14-30(41-3)31(17-24)42-4/h5-14,17-18,20H,15-16H2,1-4H3,(H,37,38,39). The molecule has 2 heterocycles. The Morgan fingerprint density at radius 2 is 1.57 bits per heavy atom. The van der Waals surface area contributed by atoms with Gasteiger partial charge in [-0.2, -0.15) is 5.26 Å². The number of carbonyl (C=O) groups is 1. The summed E-state index contributed by atoms with van der Waals surface area (Å²) in [5.41, 5.74) is 6.55. The first-order valence-corrected chi connectivity index (χ1v) is 15.6. The Bertz CT molecular complexity index is 1810. The van der Waals surface area contributed by atoms with E-state index in [-0.39, 0.29) is 12.3 Å². The summed E-state index contributed by atoms with van der Waals surface area (Å²) in [7, 11) is 4.80. The van der Waals surface area contributed by atoms with Crippen molar-refractivity contribution >= 4 is 34.1 Å². The number of hydrogen-bond acceptors (Lipinski definition) is 9. The normalized spacial score (nSPS) is 10.6. The van der Waals surface area contributed by atoms with E-state index in [0.717, 1.165) is 45.0 Å². The number of methoxy groups -OCH3 is 3. The third-order valence-corrected chi connectivity index (χ3v) is 8.58. The zero-order valence-corrected chi connectivity index (χ0v) is 26.3. The molecule has 0 aliphatic rings. The molecule has 0 aliphatic carbocycles. The molecule has 0 aliphatic heterocycles. The Kier molecular flexibility index (Phi) is 9.79. The van der Waals surface area contributed by atoms with Gasteiger partial charge in [0.1, 0.15) is 16.8 Å². The van der Waals surface area contributed by atoms with Crippen molar-refractivity contribution in [3.63, 3.8) is 0 Å². The number of carbonyl (C=O) groups excluding carboxylic acids is 1. The van der Waals surface area contributed by atoms with Gasteiger partial charge in [-0.15, -0.1) is 23.1 Å². The second kappa shape index (κ2) is 14.1. The Morgan fingerprint density at radius 1 is 0.864 bits per heavy atom. The number of thiazole rings is 1. The molecule has 3 aromatic carbocycles. The van der Waals surface area contributed by atoms with Crippen molar-refractivity contribution < 1.29 is 19.0 Å². The van der Waals surface area contributed by atoms with Gasteiger partial charge in [-0.05, 0) is 61.0 Å². The number of ether oxygens (including phenoxy) is 3. The number of hydrogen-bond donors (Lipinski definition) is 1. The van der Waals surface area contributed by atoms with Crippen LogP contribution in [0.3, 0.4) is 0 Å². The smallest absolute Gasteiger partial charge is 0.226 e. The van der Waals surface area contributed by atoms with Gasteiger partial charge in [0, 0.05) is 34.2 Å². The minimum atomic E-state index is -0.172. The summed E-state index contributed by atoms with van der Waals surface area (Å²) in [5, 5.41) is 16.0. The first-order valence-electron chi connectivity index (χ1n) is 13.7. The van der Waals surface area contributed by atoms with E-state index in [0.29, 0.717) is 33.0 Å². The van der Waals surface area contributed by atoms with Crippen molar-refractivity contribution in [2.24, 2.45) is 0 Å². The van der Waals surface area contributed by atoms with Crippen LogP contribution in [0.1, 0.15) is 17.5 Å². The van der Waals surface area contributed by atoms with Crippen LogP contribution in [0.2, 0.25) is 0 Å². The number of thioether (sulfide) groups is 1. The van der Waals surface area contributed by atoms with Crippen molar-refractivity contribution in [2.45, 2.75) is 18.4 Å². The maximum atomic E-state index is 12.9. The largest absolute Gasteiger partial charge is 0.497 e. The van der Waals surface area contributed by atoms with Gasteiger partial charge in [0.25, 0.3) is 0 Å². The molecule has 5 rings (SSSR count). The van der Waals surface area contributed by atoms with Gasteiger partial charge in [-0.1, -0.05) is 29.8 Å². The Morgan fingerprint density at radius 3 is 2.25 bits per heavy atom. The second-order valence-electron chi connectivity index (χ2n) is 9.70. The quantitative estimate of drug-likeness (QED) is 0.148. The van der Waals surface area contributed by atoms with Crippen LogP contribution in [0.4, 0.5) is 5.13 Å². The van der Waals surface area contributed by atoms with Crippen LogP contribution in [0, 0.1) is 18.3 Å². The molecule has 0 saturated heterocycles. The number of nitrogens with one attached hydrogen (secondary N) is 1. The molecule has 0 unspecified atom stereocenters. The molecule has 0 spiro atoms. The first kappa shape index (κ1) is 30.6. The van der Waals surface area contributed by atoms with E-state index in [1.165, 1.54) is 23.1 Å². The average molecular weight is 623 g/mol. The molecule has 0 radical (unpaired) electrons. The third-order valence-electron chi connectivity index (χ3n) is 6.84. The fourth-order valence-electron chi connectivity index (χ4n) is 4.49. The van der Waals surface area contributed by atoms with Crippen LogP contribution in [0.5, 0.6) is 17.2 Å². The summed E-state index contributed by atoms with van der Waals surface area (Å²) in [6.07, 6.45) is 0.217. The number of benzene rings is 3. The predicted molar refractivity (Wildman–Crippen MR) is 176 cm³/mol. The van der Waals surface area contributed by atoms with E-state index in [2.05, 4.69) is 16.4 Å². The number of rotatable bonds is 11. The predicted octanol–water partition coefficient (Wildman–Crippen LogP) is 7.87. The highest BCUT2D eigenvalue weighted by Crippen LogP contribution is 2.36. The van der Waals surface area contributed by atoms with Crippen molar-refractivity contribution in [3.8, 4) is 57.0 Å². The monoisotopic (exact) mass is 622 g/mol. The van der Waals surface area contributed by atoms with Gasteiger partial charge >= 0.3 is 0 Å². The lowest BCUT2D eigenvalue weighted by molar-refractivity contribution is -0.115. The average Bonchev–Trinajstić information content (AvgIpc) is 3.52. The maximum absolute atomic E-state index is 12.9. The van der Waals surface area contributed by atoms with Crippen LogP contribution < -0.4 is 19.5 Å². The van der Waals surface area contributed by atoms with E-state index >= 15 is 0 Å². The lowest BCUT2D eigenvalue weighted by Gasteiger charge is -2.13. The number of aromatic nitrogens is 2. The number of aryl methyl sites for hydroxylation is 1. The highest BCUT2D eigenvalue weighted by atomic mass is 32.2. The first-order chi connectivity index (χ1) is 21.4. The minimum absolute atomic E-state index is 0.172. The SMILES string of the molecule is COc1ccc(-c2cc(-c3ccc(C)cc3)c(C#N)c(SCCC(=O)Nc3nc(-c4ccc(OC)c(OC)c4)cs3)n2)cc1. The summed E-state index contributed by atoms with van der Waals surface area (Å²) >= 11 is 2.74. The highest BCUT2D eigenvalue weighted by Gasteiger charge is 2.17. The molecule has 222 valence electrons. The number of nitriles is 1. The zero-order chi connectivity index (χ0) is 31.1. The Balaban J connectivity index is 1.32. The second-order valence-corrected chi connectivity index (χ2v) is 11.6. The molecule has 44 heavy (non-hydrogen) atoms. The van der Waals surface area contributed by atoms with Crippen molar-refractivity contribution in [1.29, 1.82) is 5.26 Å². The molecule has 8 nitrogen and oxygen atoms in total. The van der Waals surface area contributed by atoms with E-state index in [9.17, 15) is 10.1 Å². The zero-order valence-electron chi connectivity index (χ0n) is 24.7. The molecule has 2 aromatic heterocycles. The van der Waals surface area contributed by atoms with Crippen LogP contribution in [-0.2, 0) is 4.79 Å². The van der Waals surface area contributed by atoms with Crippen molar-refractivity contribution in [1.82, 2.24) is 9.97 Å². The molecule has 0 fully saturated rings. The summed E-state index contributed by atoms with van der Waals surface area (Å²) in [4.78, 5) is 22.3. The van der Waals surface area contributed by atoms with Gasteiger partial charge in [-0.25, -0.2) is 9.97 Å². The van der Waals surface area contributed by atoms with Crippen LogP contribution in [0.15, 0.2) is 83.2 Å². The molecule has 5 aromatic rings. The minimum Gasteiger partial charge on any atom is -0.497 e. The van der Waals surface area contributed by atoms with Crippen molar-refractivity contribution in [3.05, 3.63) is 89.3 Å². The molecule has 0 bridgehead atoms.